The Morgan fingerprint density at radius 2 is 2.10 bits per heavy atom. The van der Waals surface area contributed by atoms with Crippen LogP contribution in [0.3, 0.4) is 0 Å². The molecular formula is C14H15N5O. The van der Waals surface area contributed by atoms with E-state index in [1.807, 2.05) is 24.3 Å². The first-order valence-electron chi connectivity index (χ1n) is 6.47. The summed E-state index contributed by atoms with van der Waals surface area (Å²) in [6.07, 6.45) is 5.77. The van der Waals surface area contributed by atoms with E-state index in [2.05, 4.69) is 27.3 Å². The summed E-state index contributed by atoms with van der Waals surface area (Å²) in [6, 6.07) is 7.83. The van der Waals surface area contributed by atoms with Crippen LogP contribution in [-0.2, 0) is 13.0 Å². The summed E-state index contributed by atoms with van der Waals surface area (Å²) in [5.74, 6) is 2.66. The lowest BCUT2D eigenvalue weighted by molar-refractivity contribution is 0.476. The fourth-order valence-electron chi connectivity index (χ4n) is 1.85. The Morgan fingerprint density at radius 3 is 2.75 bits per heavy atom. The van der Waals surface area contributed by atoms with Gasteiger partial charge in [-0.1, -0.05) is 6.92 Å². The maximum absolute atomic E-state index is 5.63. The highest BCUT2D eigenvalue weighted by Gasteiger charge is 2.02. The van der Waals surface area contributed by atoms with Crippen LogP contribution in [-0.4, -0.2) is 19.7 Å². The molecule has 0 atom stereocenters. The van der Waals surface area contributed by atoms with Crippen molar-refractivity contribution in [2.45, 2.75) is 19.9 Å². The van der Waals surface area contributed by atoms with Crippen LogP contribution in [0.4, 0.5) is 5.69 Å². The van der Waals surface area contributed by atoms with Gasteiger partial charge in [0.05, 0.1) is 18.4 Å². The van der Waals surface area contributed by atoms with Crippen molar-refractivity contribution in [1.29, 1.82) is 0 Å². The molecule has 0 aliphatic heterocycles. The van der Waals surface area contributed by atoms with E-state index in [1.165, 1.54) is 6.33 Å². The molecule has 3 heterocycles. The van der Waals surface area contributed by atoms with Gasteiger partial charge in [0.25, 0.3) is 0 Å². The molecule has 0 saturated heterocycles. The Kier molecular flexibility index (Phi) is 3.45. The Bertz CT molecular complexity index is 657. The highest BCUT2D eigenvalue weighted by Crippen LogP contribution is 2.13. The molecule has 0 saturated carbocycles. The number of aryl methyl sites for hydroxylation is 1. The van der Waals surface area contributed by atoms with E-state index < -0.39 is 0 Å². The van der Waals surface area contributed by atoms with Gasteiger partial charge in [0.2, 0.25) is 0 Å². The van der Waals surface area contributed by atoms with Crippen molar-refractivity contribution in [2.24, 2.45) is 0 Å². The van der Waals surface area contributed by atoms with Gasteiger partial charge >= 0.3 is 0 Å². The Labute approximate surface area is 116 Å². The first kappa shape index (κ1) is 12.4. The molecule has 102 valence electrons. The second-order valence-corrected chi connectivity index (χ2v) is 4.32. The van der Waals surface area contributed by atoms with Crippen LogP contribution < -0.4 is 5.32 Å². The topological polar surface area (TPSA) is 68.8 Å². The monoisotopic (exact) mass is 269 g/mol. The third kappa shape index (κ3) is 2.69. The minimum atomic E-state index is 0.643. The van der Waals surface area contributed by atoms with E-state index >= 15 is 0 Å². The second-order valence-electron chi connectivity index (χ2n) is 4.32. The van der Waals surface area contributed by atoms with E-state index in [1.54, 1.807) is 17.2 Å². The third-order valence-electron chi connectivity index (χ3n) is 2.93. The number of rotatable bonds is 5. The van der Waals surface area contributed by atoms with Gasteiger partial charge in [0.1, 0.15) is 24.2 Å². The molecule has 0 spiro atoms. The minimum Gasteiger partial charge on any atom is -0.464 e. The molecule has 6 nitrogen and oxygen atoms in total. The summed E-state index contributed by atoms with van der Waals surface area (Å²) in [4.78, 5) is 8.21. The first-order valence-corrected chi connectivity index (χ1v) is 6.47. The molecule has 3 rings (SSSR count). The quantitative estimate of drug-likeness (QED) is 0.770. The summed E-state index contributed by atoms with van der Waals surface area (Å²) < 4.78 is 7.25. The van der Waals surface area contributed by atoms with Gasteiger partial charge in [-0.3, -0.25) is 0 Å². The first-order chi connectivity index (χ1) is 9.85. The third-order valence-corrected chi connectivity index (χ3v) is 2.93. The van der Waals surface area contributed by atoms with E-state index in [0.29, 0.717) is 6.54 Å². The number of hydrogen-bond donors (Lipinski definition) is 1. The summed E-state index contributed by atoms with van der Waals surface area (Å²) >= 11 is 0. The number of pyridine rings is 1. The molecule has 0 aliphatic carbocycles. The zero-order valence-electron chi connectivity index (χ0n) is 11.2. The van der Waals surface area contributed by atoms with E-state index in [-0.39, 0.29) is 0 Å². The fourth-order valence-corrected chi connectivity index (χ4v) is 1.85. The van der Waals surface area contributed by atoms with Crippen LogP contribution in [0.5, 0.6) is 0 Å². The van der Waals surface area contributed by atoms with Gasteiger partial charge in [0, 0.05) is 6.42 Å². The van der Waals surface area contributed by atoms with Crippen LogP contribution in [0, 0.1) is 0 Å². The van der Waals surface area contributed by atoms with Crippen molar-refractivity contribution in [3.05, 3.63) is 54.6 Å². The molecule has 0 aromatic carbocycles. The normalized spacial score (nSPS) is 10.7. The van der Waals surface area contributed by atoms with Crippen molar-refractivity contribution in [3.8, 4) is 5.82 Å². The van der Waals surface area contributed by atoms with Crippen molar-refractivity contribution in [1.82, 2.24) is 19.7 Å². The molecule has 3 aromatic rings. The molecule has 3 aromatic heterocycles. The Hall–Kier alpha value is -2.63. The van der Waals surface area contributed by atoms with Crippen LogP contribution in [0.25, 0.3) is 5.82 Å². The number of anilines is 1. The molecule has 0 bridgehead atoms. The Balaban J connectivity index is 1.63. The molecule has 0 aliphatic rings. The number of nitrogens with zero attached hydrogens (tertiary/aromatic N) is 4. The number of nitrogens with one attached hydrogen (secondary N) is 1. The highest BCUT2D eigenvalue weighted by molar-refractivity contribution is 5.43. The summed E-state index contributed by atoms with van der Waals surface area (Å²) in [5, 5.41) is 7.30. The molecule has 20 heavy (non-hydrogen) atoms. The molecule has 0 amide bonds. The zero-order chi connectivity index (χ0) is 13.8. The van der Waals surface area contributed by atoms with Crippen LogP contribution in [0.2, 0.25) is 0 Å². The zero-order valence-corrected chi connectivity index (χ0v) is 11.2. The lowest BCUT2D eigenvalue weighted by Gasteiger charge is -2.05. The number of aromatic nitrogens is 4. The predicted molar refractivity (Wildman–Crippen MR) is 74.6 cm³/mol. The maximum atomic E-state index is 5.63. The average Bonchev–Trinajstić information content (AvgIpc) is 3.17. The minimum absolute atomic E-state index is 0.643. The predicted octanol–water partition coefficient (Wildman–Crippen LogP) is 2.43. The van der Waals surface area contributed by atoms with Crippen LogP contribution in [0.1, 0.15) is 18.4 Å². The lowest BCUT2D eigenvalue weighted by atomic mass is 10.3. The number of hydrogen-bond acceptors (Lipinski definition) is 5. The van der Waals surface area contributed by atoms with Gasteiger partial charge < -0.3 is 9.73 Å². The summed E-state index contributed by atoms with van der Waals surface area (Å²) in [6.45, 7) is 2.72. The lowest BCUT2D eigenvalue weighted by Crippen LogP contribution is -2.01. The van der Waals surface area contributed by atoms with Crippen molar-refractivity contribution in [3.63, 3.8) is 0 Å². The van der Waals surface area contributed by atoms with Gasteiger partial charge in [0.15, 0.2) is 5.82 Å². The van der Waals surface area contributed by atoms with E-state index in [9.17, 15) is 0 Å². The SMILES string of the molecule is CCc1ccc(CNc2ccc(-n3cncn3)nc2)o1. The van der Waals surface area contributed by atoms with Crippen LogP contribution >= 0.6 is 0 Å². The summed E-state index contributed by atoms with van der Waals surface area (Å²) in [7, 11) is 0. The van der Waals surface area contributed by atoms with E-state index in [0.717, 1.165) is 29.4 Å². The molecule has 6 heteroatoms. The van der Waals surface area contributed by atoms with Crippen molar-refractivity contribution < 1.29 is 4.42 Å². The standard InChI is InChI=1S/C14H15N5O/c1-2-12-4-5-13(20-12)8-16-11-3-6-14(17-7-11)19-10-15-9-18-19/h3-7,9-10,16H,2,8H2,1H3. The Morgan fingerprint density at radius 1 is 1.20 bits per heavy atom. The molecule has 1 N–H and O–H groups in total. The van der Waals surface area contributed by atoms with Gasteiger partial charge in [-0.25, -0.2) is 14.6 Å². The second kappa shape index (κ2) is 5.56. The van der Waals surface area contributed by atoms with E-state index in [4.69, 9.17) is 4.42 Å². The highest BCUT2D eigenvalue weighted by atomic mass is 16.3. The molecule has 0 fully saturated rings. The largest absolute Gasteiger partial charge is 0.464 e. The van der Waals surface area contributed by atoms with Crippen molar-refractivity contribution in [2.75, 3.05) is 5.32 Å². The summed E-state index contributed by atoms with van der Waals surface area (Å²) in [5.41, 5.74) is 0.934. The maximum Gasteiger partial charge on any atom is 0.155 e. The van der Waals surface area contributed by atoms with Crippen LogP contribution in [0.15, 0.2) is 47.5 Å². The van der Waals surface area contributed by atoms with Gasteiger partial charge in [-0.05, 0) is 24.3 Å². The molecule has 0 unspecified atom stereocenters. The van der Waals surface area contributed by atoms with Gasteiger partial charge in [-0.15, -0.1) is 0 Å². The van der Waals surface area contributed by atoms with Gasteiger partial charge in [-0.2, -0.15) is 5.10 Å². The fraction of sp³-hybridized carbons (Fsp3) is 0.214. The number of furan rings is 1. The smallest absolute Gasteiger partial charge is 0.155 e. The molecular weight excluding hydrogens is 254 g/mol. The average molecular weight is 269 g/mol. The molecule has 0 radical (unpaired) electrons. The van der Waals surface area contributed by atoms with Crippen molar-refractivity contribution >= 4 is 5.69 Å².